The molecule has 1 aliphatic rings. The minimum Gasteiger partial charge on any atom is -0.444 e. The zero-order chi connectivity index (χ0) is 23.4. The second-order valence-corrected chi connectivity index (χ2v) is 8.05. The average molecular weight is 466 g/mol. The highest BCUT2D eigenvalue weighted by Crippen LogP contribution is 2.28. The van der Waals surface area contributed by atoms with Gasteiger partial charge in [0.2, 0.25) is 11.8 Å². The quantitative estimate of drug-likeness (QED) is 0.429. The van der Waals surface area contributed by atoms with Crippen molar-refractivity contribution in [2.24, 2.45) is 0 Å². The number of anilines is 1. The number of hydrogen-bond donors (Lipinski definition) is 1. The molecule has 4 rings (SSSR count). The third-order valence-corrected chi connectivity index (χ3v) is 5.76. The van der Waals surface area contributed by atoms with Crippen molar-refractivity contribution in [2.45, 2.75) is 25.5 Å². The first-order chi connectivity index (χ1) is 15.9. The Bertz CT molecular complexity index is 1210. The number of carbonyl (C=O) groups excluding carboxylic acids is 3. The summed E-state index contributed by atoms with van der Waals surface area (Å²) in [4.78, 5) is 53.2. The number of thiazole rings is 1. The van der Waals surface area contributed by atoms with Crippen LogP contribution in [0.3, 0.4) is 0 Å². The lowest BCUT2D eigenvalue weighted by Crippen LogP contribution is -2.45. The molecule has 0 bridgehead atoms. The highest BCUT2D eigenvalue weighted by molar-refractivity contribution is 7.14. The molecule has 10 nitrogen and oxygen atoms in total. The summed E-state index contributed by atoms with van der Waals surface area (Å²) in [5.41, 5.74) is 1.68. The van der Waals surface area contributed by atoms with Crippen LogP contribution >= 0.6 is 11.3 Å². The van der Waals surface area contributed by atoms with E-state index in [4.69, 9.17) is 4.74 Å². The average Bonchev–Trinajstić information content (AvgIpc) is 3.45. The molecule has 0 aliphatic carbocycles. The number of nitrogens with one attached hydrogen (secondary N) is 1. The molecule has 1 N–H and O–H groups in total. The molecule has 1 fully saturated rings. The lowest BCUT2D eigenvalue weighted by atomic mass is 10.1. The van der Waals surface area contributed by atoms with Gasteiger partial charge >= 0.3 is 6.09 Å². The number of nitro benzene ring substituents is 1. The van der Waals surface area contributed by atoms with Crippen molar-refractivity contribution in [3.63, 3.8) is 0 Å². The first-order valence-corrected chi connectivity index (χ1v) is 10.8. The third-order valence-electron chi connectivity index (χ3n) is 5.00. The number of non-ortho nitro benzene ring substituents is 1. The van der Waals surface area contributed by atoms with Gasteiger partial charge in [-0.1, -0.05) is 42.5 Å². The summed E-state index contributed by atoms with van der Waals surface area (Å²) in [6, 6.07) is 14.0. The first kappa shape index (κ1) is 22.1. The summed E-state index contributed by atoms with van der Waals surface area (Å²) in [7, 11) is 0. The standard InChI is InChI=1S/C22H18N4O6S/c27-19-10-9-18(25(19)22(29)32-12-14-5-2-1-3-6-14)20(28)24-21-23-17(13-33-21)15-7-4-8-16(11-15)26(30)31/h1-8,11,13,18H,9-10,12H2,(H,23,24,28)/t18-/m1/s1. The molecular formula is C22H18N4O6S. The summed E-state index contributed by atoms with van der Waals surface area (Å²) in [5.74, 6) is -1.04. The van der Waals surface area contributed by atoms with Crippen molar-refractivity contribution < 1.29 is 24.0 Å². The van der Waals surface area contributed by atoms with Gasteiger partial charge < -0.3 is 10.1 Å². The fourth-order valence-electron chi connectivity index (χ4n) is 3.38. The Labute approximate surface area is 192 Å². The van der Waals surface area contributed by atoms with Crippen molar-refractivity contribution >= 4 is 40.1 Å². The first-order valence-electron chi connectivity index (χ1n) is 9.96. The summed E-state index contributed by atoms with van der Waals surface area (Å²) in [6.07, 6.45) is -0.651. The Morgan fingerprint density at radius 1 is 1.21 bits per heavy atom. The van der Waals surface area contributed by atoms with Crippen LogP contribution in [0.4, 0.5) is 15.6 Å². The maximum Gasteiger partial charge on any atom is 0.417 e. The van der Waals surface area contributed by atoms with Gasteiger partial charge in [-0.25, -0.2) is 14.7 Å². The number of rotatable bonds is 6. The van der Waals surface area contributed by atoms with Crippen molar-refractivity contribution in [3.8, 4) is 11.3 Å². The smallest absolute Gasteiger partial charge is 0.417 e. The molecule has 1 saturated heterocycles. The Morgan fingerprint density at radius 3 is 2.76 bits per heavy atom. The predicted molar refractivity (Wildman–Crippen MR) is 119 cm³/mol. The highest BCUT2D eigenvalue weighted by atomic mass is 32.1. The van der Waals surface area contributed by atoms with Crippen molar-refractivity contribution in [1.82, 2.24) is 9.88 Å². The van der Waals surface area contributed by atoms with Crippen molar-refractivity contribution in [3.05, 3.63) is 75.7 Å². The van der Waals surface area contributed by atoms with Crippen LogP contribution in [0.1, 0.15) is 18.4 Å². The van der Waals surface area contributed by atoms with E-state index < -0.39 is 28.9 Å². The molecule has 0 spiro atoms. The second-order valence-electron chi connectivity index (χ2n) is 7.19. The van der Waals surface area contributed by atoms with Crippen LogP contribution in [0.2, 0.25) is 0 Å². The predicted octanol–water partition coefficient (Wildman–Crippen LogP) is 3.98. The maximum atomic E-state index is 12.8. The number of hydrogen-bond acceptors (Lipinski definition) is 8. The molecule has 2 aromatic carbocycles. The van der Waals surface area contributed by atoms with Crippen LogP contribution in [0, 0.1) is 10.1 Å². The molecule has 0 unspecified atom stereocenters. The van der Waals surface area contributed by atoms with Gasteiger partial charge in [0.05, 0.1) is 10.6 Å². The molecule has 3 amide bonds. The number of ether oxygens (including phenoxy) is 1. The van der Waals surface area contributed by atoms with Crippen LogP contribution in [-0.2, 0) is 20.9 Å². The largest absolute Gasteiger partial charge is 0.444 e. The minimum atomic E-state index is -1.01. The number of likely N-dealkylation sites (tertiary alicyclic amines) is 1. The fourth-order valence-corrected chi connectivity index (χ4v) is 4.10. The van der Waals surface area contributed by atoms with Gasteiger partial charge in [-0.05, 0) is 12.0 Å². The van der Waals surface area contributed by atoms with Gasteiger partial charge in [-0.3, -0.25) is 19.7 Å². The molecule has 3 aromatic rings. The van der Waals surface area contributed by atoms with E-state index in [2.05, 4.69) is 10.3 Å². The topological polar surface area (TPSA) is 132 Å². The van der Waals surface area contributed by atoms with E-state index in [1.165, 1.54) is 12.1 Å². The minimum absolute atomic E-state index is 0.0170. The normalized spacial score (nSPS) is 15.3. The number of carbonyl (C=O) groups is 3. The maximum absolute atomic E-state index is 12.8. The second kappa shape index (κ2) is 9.57. The highest BCUT2D eigenvalue weighted by Gasteiger charge is 2.41. The molecule has 11 heteroatoms. The van der Waals surface area contributed by atoms with Crippen LogP contribution in [0.15, 0.2) is 60.0 Å². The molecule has 1 atom stereocenters. The van der Waals surface area contributed by atoms with Crippen molar-refractivity contribution in [2.75, 3.05) is 5.32 Å². The summed E-state index contributed by atoms with van der Waals surface area (Å²) in [6.45, 7) is -0.0170. The number of nitro groups is 1. The van der Waals surface area contributed by atoms with E-state index in [1.807, 2.05) is 6.07 Å². The molecule has 2 heterocycles. The van der Waals surface area contributed by atoms with Crippen LogP contribution in [0.5, 0.6) is 0 Å². The van der Waals surface area contributed by atoms with Gasteiger partial charge in [0.1, 0.15) is 12.6 Å². The third kappa shape index (κ3) is 5.04. The SMILES string of the molecule is O=C(Nc1nc(-c2cccc([N+](=O)[O-])c2)cs1)[C@H]1CCC(=O)N1C(=O)OCc1ccccc1. The van der Waals surface area contributed by atoms with Crippen LogP contribution < -0.4 is 5.32 Å². The van der Waals surface area contributed by atoms with Crippen LogP contribution in [0.25, 0.3) is 11.3 Å². The molecule has 168 valence electrons. The molecule has 1 aromatic heterocycles. The fraction of sp³-hybridized carbons (Fsp3) is 0.182. The van der Waals surface area contributed by atoms with Gasteiger partial charge in [-0.15, -0.1) is 11.3 Å². The Hall–Kier alpha value is -4.12. The van der Waals surface area contributed by atoms with Crippen LogP contribution in [-0.4, -0.2) is 38.8 Å². The number of benzene rings is 2. The molecule has 1 aliphatic heterocycles. The Balaban J connectivity index is 1.42. The molecule has 0 saturated carbocycles. The van der Waals surface area contributed by atoms with E-state index >= 15 is 0 Å². The Morgan fingerprint density at radius 2 is 2.00 bits per heavy atom. The zero-order valence-corrected chi connectivity index (χ0v) is 18.0. The summed E-state index contributed by atoms with van der Waals surface area (Å²) >= 11 is 1.13. The number of imide groups is 1. The van der Waals surface area contributed by atoms with Gasteiger partial charge in [-0.2, -0.15) is 0 Å². The van der Waals surface area contributed by atoms with Gasteiger partial charge in [0.15, 0.2) is 5.13 Å². The Kier molecular flexibility index (Phi) is 6.41. The van der Waals surface area contributed by atoms with Crippen molar-refractivity contribution in [1.29, 1.82) is 0 Å². The molecule has 33 heavy (non-hydrogen) atoms. The summed E-state index contributed by atoms with van der Waals surface area (Å²) in [5, 5.41) is 15.5. The molecule has 0 radical (unpaired) electrons. The van der Waals surface area contributed by atoms with E-state index in [1.54, 1.807) is 41.8 Å². The summed E-state index contributed by atoms with van der Waals surface area (Å²) < 4.78 is 5.22. The lowest BCUT2D eigenvalue weighted by molar-refractivity contribution is -0.384. The van der Waals surface area contributed by atoms with E-state index in [9.17, 15) is 24.5 Å². The number of amides is 3. The number of aromatic nitrogens is 1. The zero-order valence-electron chi connectivity index (χ0n) is 17.2. The number of nitrogens with zero attached hydrogens (tertiary/aromatic N) is 3. The van der Waals surface area contributed by atoms with E-state index in [0.29, 0.717) is 11.3 Å². The van der Waals surface area contributed by atoms with E-state index in [-0.39, 0.29) is 30.3 Å². The lowest BCUT2D eigenvalue weighted by Gasteiger charge is -2.21. The molecular weight excluding hydrogens is 448 g/mol. The van der Waals surface area contributed by atoms with E-state index in [0.717, 1.165) is 21.8 Å². The van der Waals surface area contributed by atoms with Gasteiger partial charge in [0, 0.05) is 29.5 Å². The monoisotopic (exact) mass is 466 g/mol. The van der Waals surface area contributed by atoms with Gasteiger partial charge in [0.25, 0.3) is 5.69 Å².